The zero-order valence-corrected chi connectivity index (χ0v) is 9.44. The molecule has 15 heavy (non-hydrogen) atoms. The van der Waals surface area contributed by atoms with Gasteiger partial charge in [0.2, 0.25) is 0 Å². The molecule has 0 aliphatic carbocycles. The van der Waals surface area contributed by atoms with Crippen LogP contribution in [-0.4, -0.2) is 10.2 Å². The number of hydrogen-bond donors (Lipinski definition) is 0. The van der Waals surface area contributed by atoms with E-state index in [9.17, 15) is 0 Å². The van der Waals surface area contributed by atoms with Crippen molar-refractivity contribution in [2.75, 3.05) is 0 Å². The van der Waals surface area contributed by atoms with Crippen molar-refractivity contribution in [3.63, 3.8) is 0 Å². The van der Waals surface area contributed by atoms with Crippen molar-refractivity contribution in [3.8, 4) is 0 Å². The van der Waals surface area contributed by atoms with Gasteiger partial charge in [-0.15, -0.1) is 0 Å². The number of rotatable bonds is 3. The van der Waals surface area contributed by atoms with Crippen LogP contribution in [0.1, 0.15) is 26.5 Å². The van der Waals surface area contributed by atoms with Crippen molar-refractivity contribution < 1.29 is 0 Å². The molecule has 1 heterocycles. The number of allylic oxidation sites excluding steroid dienone is 6. The Morgan fingerprint density at radius 3 is 2.47 bits per heavy atom. The molecule has 1 rings (SSSR count). The molecule has 0 aromatic carbocycles. The van der Waals surface area contributed by atoms with Crippen LogP contribution in [0.15, 0.2) is 48.2 Å². The van der Waals surface area contributed by atoms with Gasteiger partial charge in [-0.05, 0) is 38.5 Å². The van der Waals surface area contributed by atoms with E-state index in [2.05, 4.69) is 28.4 Å². The third-order valence-electron chi connectivity index (χ3n) is 2.11. The molecule has 0 saturated heterocycles. The first kappa shape index (κ1) is 11.4. The van der Waals surface area contributed by atoms with Crippen LogP contribution in [0.3, 0.4) is 0 Å². The Labute approximate surface area is 91.1 Å². The van der Waals surface area contributed by atoms with Crippen LogP contribution in [0.2, 0.25) is 0 Å². The smallest absolute Gasteiger partial charge is 0.0932 e. The molecule has 1 aromatic heterocycles. The molecule has 0 radical (unpaired) electrons. The maximum absolute atomic E-state index is 4.11. The molecule has 78 valence electrons. The number of aromatic nitrogens is 2. The zero-order chi connectivity index (χ0) is 11.1. The van der Waals surface area contributed by atoms with Gasteiger partial charge < -0.3 is 0 Å². The molecule has 1 aromatic rings. The van der Waals surface area contributed by atoms with Gasteiger partial charge in [-0.3, -0.25) is 0 Å². The number of nitrogens with zero attached hydrogens (tertiary/aromatic N) is 2. The van der Waals surface area contributed by atoms with Crippen LogP contribution >= 0.6 is 0 Å². The van der Waals surface area contributed by atoms with Crippen molar-refractivity contribution in [3.05, 3.63) is 53.9 Å². The average Bonchev–Trinajstić information content (AvgIpc) is 2.30. The van der Waals surface area contributed by atoms with E-state index in [4.69, 9.17) is 0 Å². The predicted octanol–water partition coefficient (Wildman–Crippen LogP) is 3.40. The first-order valence-corrected chi connectivity index (χ1v) is 5.07. The molecule has 0 saturated carbocycles. The van der Waals surface area contributed by atoms with Gasteiger partial charge in [-0.2, -0.15) is 10.2 Å². The highest BCUT2D eigenvalue weighted by molar-refractivity contribution is 5.79. The lowest BCUT2D eigenvalue weighted by atomic mass is 10.0. The predicted molar refractivity (Wildman–Crippen MR) is 64.3 cm³/mol. The van der Waals surface area contributed by atoms with Crippen LogP contribution in [0.5, 0.6) is 0 Å². The van der Waals surface area contributed by atoms with Gasteiger partial charge in [0.15, 0.2) is 0 Å². The standard InChI is InChI=1S/C13H16N2/c1-4-8-11(5-2)12(6-3)13-9-7-10-14-15-13/h4-10H,1-3H3. The second-order valence-corrected chi connectivity index (χ2v) is 3.06. The third-order valence-corrected chi connectivity index (χ3v) is 2.11. The van der Waals surface area contributed by atoms with E-state index in [1.807, 2.05) is 39.0 Å². The molecule has 2 nitrogen and oxygen atoms in total. The molecule has 0 aliphatic rings. The molecule has 0 amide bonds. The molecular weight excluding hydrogens is 184 g/mol. The monoisotopic (exact) mass is 200 g/mol. The molecule has 0 aliphatic heterocycles. The lowest BCUT2D eigenvalue weighted by Crippen LogP contribution is -1.92. The highest BCUT2D eigenvalue weighted by atomic mass is 15.1. The van der Waals surface area contributed by atoms with E-state index in [1.54, 1.807) is 6.20 Å². The summed E-state index contributed by atoms with van der Waals surface area (Å²) in [6, 6.07) is 3.87. The second-order valence-electron chi connectivity index (χ2n) is 3.06. The molecule has 0 spiro atoms. The quantitative estimate of drug-likeness (QED) is 0.699. The largest absolute Gasteiger partial charge is 0.159 e. The van der Waals surface area contributed by atoms with Gasteiger partial charge in [0.05, 0.1) is 5.69 Å². The highest BCUT2D eigenvalue weighted by Gasteiger charge is 2.04. The Balaban J connectivity index is 3.11. The van der Waals surface area contributed by atoms with Crippen molar-refractivity contribution >= 4 is 5.57 Å². The Morgan fingerprint density at radius 2 is 2.00 bits per heavy atom. The SMILES string of the molecule is CC=CC(=CC)C(=CC)c1cccnn1. The Bertz CT molecular complexity index is 386. The minimum absolute atomic E-state index is 0.909. The van der Waals surface area contributed by atoms with Crippen molar-refractivity contribution in [1.29, 1.82) is 0 Å². The van der Waals surface area contributed by atoms with Crippen LogP contribution < -0.4 is 0 Å². The first-order valence-electron chi connectivity index (χ1n) is 5.07. The maximum Gasteiger partial charge on any atom is 0.0932 e. The molecule has 0 unspecified atom stereocenters. The van der Waals surface area contributed by atoms with Gasteiger partial charge >= 0.3 is 0 Å². The second kappa shape index (κ2) is 5.91. The van der Waals surface area contributed by atoms with Crippen LogP contribution in [0.4, 0.5) is 0 Å². The molecule has 0 atom stereocenters. The summed E-state index contributed by atoms with van der Waals surface area (Å²) in [6.07, 6.45) is 9.91. The number of hydrogen-bond acceptors (Lipinski definition) is 2. The van der Waals surface area contributed by atoms with Gasteiger partial charge in [0.1, 0.15) is 0 Å². The van der Waals surface area contributed by atoms with Crippen molar-refractivity contribution in [2.24, 2.45) is 0 Å². The normalized spacial score (nSPS) is 13.5. The summed E-state index contributed by atoms with van der Waals surface area (Å²) in [5.74, 6) is 0. The topological polar surface area (TPSA) is 25.8 Å². The summed E-state index contributed by atoms with van der Waals surface area (Å²) in [6.45, 7) is 6.04. The lowest BCUT2D eigenvalue weighted by Gasteiger charge is -2.06. The Kier molecular flexibility index (Phi) is 4.48. The van der Waals surface area contributed by atoms with E-state index in [0.29, 0.717) is 0 Å². The molecule has 0 N–H and O–H groups in total. The zero-order valence-electron chi connectivity index (χ0n) is 9.44. The molecule has 2 heteroatoms. The minimum Gasteiger partial charge on any atom is -0.159 e. The fourth-order valence-electron chi connectivity index (χ4n) is 1.43. The van der Waals surface area contributed by atoms with E-state index in [0.717, 1.165) is 11.3 Å². The fourth-order valence-corrected chi connectivity index (χ4v) is 1.43. The molecular formula is C13H16N2. The van der Waals surface area contributed by atoms with E-state index in [1.165, 1.54) is 5.57 Å². The average molecular weight is 200 g/mol. The van der Waals surface area contributed by atoms with Gasteiger partial charge in [-0.25, -0.2) is 0 Å². The van der Waals surface area contributed by atoms with Gasteiger partial charge in [0, 0.05) is 11.8 Å². The summed E-state index contributed by atoms with van der Waals surface area (Å²) in [5.41, 5.74) is 3.19. The van der Waals surface area contributed by atoms with E-state index >= 15 is 0 Å². The highest BCUT2D eigenvalue weighted by Crippen LogP contribution is 2.21. The van der Waals surface area contributed by atoms with E-state index in [-0.39, 0.29) is 0 Å². The van der Waals surface area contributed by atoms with Crippen molar-refractivity contribution in [1.82, 2.24) is 10.2 Å². The van der Waals surface area contributed by atoms with Gasteiger partial charge in [0.25, 0.3) is 0 Å². The summed E-state index contributed by atoms with van der Waals surface area (Å²) in [5, 5.41) is 8.00. The molecule has 0 bridgehead atoms. The first-order chi connectivity index (χ1) is 7.33. The fraction of sp³-hybridized carbons (Fsp3) is 0.231. The maximum atomic E-state index is 4.11. The Morgan fingerprint density at radius 1 is 1.20 bits per heavy atom. The summed E-state index contributed by atoms with van der Waals surface area (Å²) in [7, 11) is 0. The summed E-state index contributed by atoms with van der Waals surface area (Å²) >= 11 is 0. The van der Waals surface area contributed by atoms with Crippen molar-refractivity contribution in [2.45, 2.75) is 20.8 Å². The summed E-state index contributed by atoms with van der Waals surface area (Å²) < 4.78 is 0. The summed E-state index contributed by atoms with van der Waals surface area (Å²) in [4.78, 5) is 0. The van der Waals surface area contributed by atoms with Crippen LogP contribution in [0.25, 0.3) is 5.57 Å². The lowest BCUT2D eigenvalue weighted by molar-refractivity contribution is 1.01. The minimum atomic E-state index is 0.909. The third kappa shape index (κ3) is 2.88. The molecule has 0 fully saturated rings. The van der Waals surface area contributed by atoms with Crippen LogP contribution in [-0.2, 0) is 0 Å². The Hall–Kier alpha value is -1.70. The van der Waals surface area contributed by atoms with Gasteiger partial charge in [-0.1, -0.05) is 24.3 Å². The van der Waals surface area contributed by atoms with Crippen LogP contribution in [0, 0.1) is 0 Å². The van der Waals surface area contributed by atoms with E-state index < -0.39 is 0 Å².